The van der Waals surface area contributed by atoms with Crippen LogP contribution in [0, 0.1) is 0 Å². The summed E-state index contributed by atoms with van der Waals surface area (Å²) in [7, 11) is 0. The number of rotatable bonds is 2. The van der Waals surface area contributed by atoms with Crippen LogP contribution in [-0.4, -0.2) is 4.98 Å². The minimum atomic E-state index is 0.712. The third-order valence-electron chi connectivity index (χ3n) is 2.15. The van der Waals surface area contributed by atoms with Gasteiger partial charge in [-0.2, -0.15) is 0 Å². The molecular weight excluding hydrogens is 229 g/mol. The highest BCUT2D eigenvalue weighted by atomic mass is 35.5. The van der Waals surface area contributed by atoms with Crippen molar-refractivity contribution in [3.05, 3.63) is 63.9 Å². The molecule has 2 aromatic rings. The molecule has 0 bridgehead atoms. The number of benzene rings is 1. The summed E-state index contributed by atoms with van der Waals surface area (Å²) in [6.45, 7) is 0. The van der Waals surface area contributed by atoms with Crippen molar-refractivity contribution in [1.82, 2.24) is 4.98 Å². The van der Waals surface area contributed by atoms with Gasteiger partial charge < -0.3 is 0 Å². The van der Waals surface area contributed by atoms with E-state index in [1.54, 1.807) is 18.5 Å². The summed E-state index contributed by atoms with van der Waals surface area (Å²) in [5.74, 6) is 0. The fourth-order valence-corrected chi connectivity index (χ4v) is 1.78. The first kappa shape index (κ1) is 10.5. The van der Waals surface area contributed by atoms with Crippen LogP contribution < -0.4 is 0 Å². The highest BCUT2D eigenvalue weighted by Crippen LogP contribution is 2.22. The standard InChI is InChI=1S/C12H9Cl2N/c13-11-1-2-12(14)10(8-11)7-9-3-5-15-6-4-9/h1-6,8H,7H2. The van der Waals surface area contributed by atoms with Gasteiger partial charge in [-0.05, 0) is 47.9 Å². The largest absolute Gasteiger partial charge is 0.265 e. The fourth-order valence-electron chi connectivity index (χ4n) is 1.40. The maximum atomic E-state index is 6.07. The van der Waals surface area contributed by atoms with E-state index in [9.17, 15) is 0 Å². The van der Waals surface area contributed by atoms with Gasteiger partial charge in [-0.3, -0.25) is 4.98 Å². The van der Waals surface area contributed by atoms with Gasteiger partial charge in [0.15, 0.2) is 0 Å². The maximum Gasteiger partial charge on any atom is 0.0442 e. The van der Waals surface area contributed by atoms with Gasteiger partial charge in [0.2, 0.25) is 0 Å². The van der Waals surface area contributed by atoms with Gasteiger partial charge >= 0.3 is 0 Å². The minimum absolute atomic E-state index is 0.712. The van der Waals surface area contributed by atoms with Crippen molar-refractivity contribution in [3.8, 4) is 0 Å². The molecule has 1 nitrogen and oxygen atoms in total. The smallest absolute Gasteiger partial charge is 0.0442 e. The SMILES string of the molecule is Clc1ccc(Cl)c(Cc2ccncc2)c1. The van der Waals surface area contributed by atoms with Crippen LogP contribution in [0.5, 0.6) is 0 Å². The van der Waals surface area contributed by atoms with E-state index in [2.05, 4.69) is 4.98 Å². The maximum absolute atomic E-state index is 6.07. The number of pyridine rings is 1. The molecule has 0 saturated carbocycles. The lowest BCUT2D eigenvalue weighted by atomic mass is 10.1. The second-order valence-electron chi connectivity index (χ2n) is 3.27. The zero-order chi connectivity index (χ0) is 10.7. The summed E-state index contributed by atoms with van der Waals surface area (Å²) >= 11 is 12.0. The topological polar surface area (TPSA) is 12.9 Å². The predicted octanol–water partition coefficient (Wildman–Crippen LogP) is 3.98. The van der Waals surface area contributed by atoms with Gasteiger partial charge in [0.05, 0.1) is 0 Å². The Balaban J connectivity index is 2.28. The van der Waals surface area contributed by atoms with E-state index in [4.69, 9.17) is 23.2 Å². The van der Waals surface area contributed by atoms with Crippen LogP contribution >= 0.6 is 23.2 Å². The summed E-state index contributed by atoms with van der Waals surface area (Å²) in [6.07, 6.45) is 4.32. The lowest BCUT2D eigenvalue weighted by Crippen LogP contribution is -1.89. The molecule has 0 atom stereocenters. The Morgan fingerprint density at radius 1 is 1.00 bits per heavy atom. The lowest BCUT2D eigenvalue weighted by molar-refractivity contribution is 1.16. The van der Waals surface area contributed by atoms with Crippen molar-refractivity contribution in [2.75, 3.05) is 0 Å². The summed E-state index contributed by atoms with van der Waals surface area (Å²) in [4.78, 5) is 3.97. The van der Waals surface area contributed by atoms with E-state index in [-0.39, 0.29) is 0 Å². The third kappa shape index (κ3) is 2.71. The summed E-state index contributed by atoms with van der Waals surface area (Å²) < 4.78 is 0. The second-order valence-corrected chi connectivity index (χ2v) is 4.11. The number of aromatic nitrogens is 1. The molecule has 76 valence electrons. The molecule has 0 N–H and O–H groups in total. The second kappa shape index (κ2) is 4.65. The Labute approximate surface area is 98.7 Å². The third-order valence-corrected chi connectivity index (χ3v) is 2.76. The molecule has 15 heavy (non-hydrogen) atoms. The summed E-state index contributed by atoms with van der Waals surface area (Å²) in [6, 6.07) is 9.44. The van der Waals surface area contributed by atoms with E-state index in [1.807, 2.05) is 24.3 Å². The summed E-state index contributed by atoms with van der Waals surface area (Å²) in [5.41, 5.74) is 2.21. The molecule has 0 amide bonds. The van der Waals surface area contributed by atoms with E-state index in [1.165, 1.54) is 5.56 Å². The molecule has 0 unspecified atom stereocenters. The molecule has 0 fully saturated rings. The van der Waals surface area contributed by atoms with Crippen molar-refractivity contribution < 1.29 is 0 Å². The van der Waals surface area contributed by atoms with Crippen LogP contribution in [-0.2, 0) is 6.42 Å². The minimum Gasteiger partial charge on any atom is -0.265 e. The predicted molar refractivity (Wildman–Crippen MR) is 63.5 cm³/mol. The number of hydrogen-bond acceptors (Lipinski definition) is 1. The van der Waals surface area contributed by atoms with E-state index in [0.717, 1.165) is 17.0 Å². The molecular formula is C12H9Cl2N. The van der Waals surface area contributed by atoms with Gasteiger partial charge in [-0.25, -0.2) is 0 Å². The highest BCUT2D eigenvalue weighted by Gasteiger charge is 2.02. The fraction of sp³-hybridized carbons (Fsp3) is 0.0833. The number of nitrogens with zero attached hydrogens (tertiary/aromatic N) is 1. The van der Waals surface area contributed by atoms with Crippen LogP contribution in [0.4, 0.5) is 0 Å². The Kier molecular flexibility index (Phi) is 3.24. The van der Waals surface area contributed by atoms with Gasteiger partial charge in [-0.1, -0.05) is 23.2 Å². The van der Waals surface area contributed by atoms with Crippen LogP contribution in [0.2, 0.25) is 10.0 Å². The van der Waals surface area contributed by atoms with Gasteiger partial charge in [-0.15, -0.1) is 0 Å². The normalized spacial score (nSPS) is 10.3. The molecule has 0 aliphatic carbocycles. The van der Waals surface area contributed by atoms with Crippen molar-refractivity contribution >= 4 is 23.2 Å². The Bertz CT molecular complexity index is 454. The molecule has 1 heterocycles. The number of hydrogen-bond donors (Lipinski definition) is 0. The molecule has 0 aliphatic heterocycles. The first-order chi connectivity index (χ1) is 7.25. The zero-order valence-corrected chi connectivity index (χ0v) is 9.46. The average molecular weight is 238 g/mol. The molecule has 2 rings (SSSR count). The van der Waals surface area contributed by atoms with Gasteiger partial charge in [0.25, 0.3) is 0 Å². The molecule has 0 radical (unpaired) electrons. The van der Waals surface area contributed by atoms with Crippen LogP contribution in [0.3, 0.4) is 0 Å². The van der Waals surface area contributed by atoms with Crippen LogP contribution in [0.25, 0.3) is 0 Å². The first-order valence-electron chi connectivity index (χ1n) is 4.58. The van der Waals surface area contributed by atoms with Crippen molar-refractivity contribution in [3.63, 3.8) is 0 Å². The lowest BCUT2D eigenvalue weighted by Gasteiger charge is -2.04. The Morgan fingerprint density at radius 3 is 2.47 bits per heavy atom. The molecule has 3 heteroatoms. The summed E-state index contributed by atoms with van der Waals surface area (Å²) in [5, 5.41) is 1.46. The van der Waals surface area contributed by atoms with Gasteiger partial charge in [0, 0.05) is 22.4 Å². The van der Waals surface area contributed by atoms with Crippen LogP contribution in [0.15, 0.2) is 42.7 Å². The van der Waals surface area contributed by atoms with Crippen LogP contribution in [0.1, 0.15) is 11.1 Å². The van der Waals surface area contributed by atoms with E-state index in [0.29, 0.717) is 5.02 Å². The molecule has 1 aromatic heterocycles. The van der Waals surface area contributed by atoms with E-state index >= 15 is 0 Å². The Hall–Kier alpha value is -1.05. The monoisotopic (exact) mass is 237 g/mol. The highest BCUT2D eigenvalue weighted by molar-refractivity contribution is 6.33. The molecule has 0 saturated heterocycles. The average Bonchev–Trinajstić information content (AvgIpc) is 2.25. The van der Waals surface area contributed by atoms with Crippen molar-refractivity contribution in [2.45, 2.75) is 6.42 Å². The molecule has 0 aliphatic rings. The Morgan fingerprint density at radius 2 is 1.73 bits per heavy atom. The molecule has 1 aromatic carbocycles. The first-order valence-corrected chi connectivity index (χ1v) is 5.34. The van der Waals surface area contributed by atoms with Gasteiger partial charge in [0.1, 0.15) is 0 Å². The quantitative estimate of drug-likeness (QED) is 0.771. The number of halogens is 2. The molecule has 0 spiro atoms. The van der Waals surface area contributed by atoms with Crippen molar-refractivity contribution in [1.29, 1.82) is 0 Å². The van der Waals surface area contributed by atoms with Crippen molar-refractivity contribution in [2.24, 2.45) is 0 Å². The van der Waals surface area contributed by atoms with E-state index < -0.39 is 0 Å². The zero-order valence-electron chi connectivity index (χ0n) is 7.95.